The molecule has 9 unspecified atom stereocenters. The lowest BCUT2D eigenvalue weighted by Gasteiger charge is -2.57. The van der Waals surface area contributed by atoms with Gasteiger partial charge in [0.1, 0.15) is 6.10 Å². The summed E-state index contributed by atoms with van der Waals surface area (Å²) in [4.78, 5) is 12.9. The normalized spacial score (nSPS) is 38.5. The Morgan fingerprint density at radius 2 is 1.69 bits per heavy atom. The highest BCUT2D eigenvalue weighted by Crippen LogP contribution is 2.67. The second-order valence-corrected chi connectivity index (χ2v) is 14.8. The van der Waals surface area contributed by atoms with Gasteiger partial charge in [0.15, 0.2) is 0 Å². The number of allylic oxidation sites excluding steroid dienone is 2. The summed E-state index contributed by atoms with van der Waals surface area (Å²) < 4.78 is 6.06. The van der Waals surface area contributed by atoms with Gasteiger partial charge in [-0.15, -0.1) is 0 Å². The van der Waals surface area contributed by atoms with Crippen molar-refractivity contribution in [3.8, 4) is 0 Å². The maximum atomic E-state index is 12.9. The SMILES string of the molecule is CC(C)=CCCC(C)C1CCC2C3CCC4CC(OC(=O)c5cc(N)cc(N)c5)CCC4(C)C3CCCC12C. The molecule has 1 aromatic rings. The zero-order valence-electron chi connectivity index (χ0n) is 25.3. The molecule has 0 saturated heterocycles. The van der Waals surface area contributed by atoms with Crippen molar-refractivity contribution >= 4 is 17.3 Å². The van der Waals surface area contributed by atoms with Crippen molar-refractivity contribution in [3.05, 3.63) is 35.4 Å². The number of hydrogen-bond donors (Lipinski definition) is 2. The summed E-state index contributed by atoms with van der Waals surface area (Å²) in [6, 6.07) is 5.03. The summed E-state index contributed by atoms with van der Waals surface area (Å²) in [6.07, 6.45) is 18.0. The summed E-state index contributed by atoms with van der Waals surface area (Å²) in [6.45, 7) is 12.3. The van der Waals surface area contributed by atoms with Crippen LogP contribution >= 0.6 is 0 Å². The highest BCUT2D eigenvalue weighted by molar-refractivity contribution is 5.91. The second-order valence-electron chi connectivity index (χ2n) is 14.8. The number of esters is 1. The second kappa shape index (κ2) is 11.1. The highest BCUT2D eigenvalue weighted by atomic mass is 16.5. The van der Waals surface area contributed by atoms with Gasteiger partial charge in [0.2, 0.25) is 0 Å². The third-order valence-corrected chi connectivity index (χ3v) is 12.3. The molecule has 4 saturated carbocycles. The zero-order valence-corrected chi connectivity index (χ0v) is 25.3. The van der Waals surface area contributed by atoms with Crippen LogP contribution in [-0.4, -0.2) is 12.1 Å². The van der Waals surface area contributed by atoms with Crippen LogP contribution in [-0.2, 0) is 4.74 Å². The van der Waals surface area contributed by atoms with E-state index in [-0.39, 0.29) is 12.1 Å². The van der Waals surface area contributed by atoms with Gasteiger partial charge in [-0.2, -0.15) is 0 Å². The van der Waals surface area contributed by atoms with Gasteiger partial charge >= 0.3 is 5.97 Å². The third-order valence-electron chi connectivity index (χ3n) is 12.3. The molecule has 0 aliphatic heterocycles. The summed E-state index contributed by atoms with van der Waals surface area (Å²) in [7, 11) is 0. The molecular weight excluding hydrogens is 480 g/mol. The van der Waals surface area contributed by atoms with Crippen LogP contribution in [0.4, 0.5) is 11.4 Å². The molecule has 4 aliphatic rings. The van der Waals surface area contributed by atoms with Crippen LogP contribution in [0.25, 0.3) is 0 Å². The molecule has 4 heteroatoms. The van der Waals surface area contributed by atoms with Crippen molar-refractivity contribution in [1.82, 2.24) is 0 Å². The molecule has 216 valence electrons. The Morgan fingerprint density at radius 3 is 2.41 bits per heavy atom. The number of benzene rings is 1. The molecule has 4 aliphatic carbocycles. The largest absolute Gasteiger partial charge is 0.459 e. The first-order valence-electron chi connectivity index (χ1n) is 16.0. The van der Waals surface area contributed by atoms with Crippen LogP contribution in [0.5, 0.6) is 0 Å². The molecule has 1 aromatic carbocycles. The Labute approximate surface area is 237 Å². The van der Waals surface area contributed by atoms with Crippen molar-refractivity contribution in [1.29, 1.82) is 0 Å². The topological polar surface area (TPSA) is 78.3 Å². The average molecular weight is 535 g/mol. The van der Waals surface area contributed by atoms with Crippen LogP contribution < -0.4 is 11.5 Å². The molecule has 9 atom stereocenters. The molecule has 4 fully saturated rings. The van der Waals surface area contributed by atoms with E-state index < -0.39 is 0 Å². The van der Waals surface area contributed by atoms with Crippen molar-refractivity contribution in [2.75, 3.05) is 11.5 Å². The average Bonchev–Trinajstić information content (AvgIpc) is 3.12. The standard InChI is InChI=1S/C35H54N2O2/c1-22(2)8-6-9-23(3)30-13-14-32-29-12-11-25-20-28(39-33(38)24-18-26(36)21-27(37)19-24)15-17-34(25,4)31(29)10-7-16-35(30,32)5/h8,18-19,21,23,25,28-32H,6-7,9-17,20,36-37H2,1-5H3. The predicted molar refractivity (Wildman–Crippen MR) is 162 cm³/mol. The first-order valence-corrected chi connectivity index (χ1v) is 16.0. The van der Waals surface area contributed by atoms with Crippen LogP contribution in [0.2, 0.25) is 0 Å². The van der Waals surface area contributed by atoms with Crippen molar-refractivity contribution in [2.24, 2.45) is 46.3 Å². The molecular formula is C35H54N2O2. The first-order chi connectivity index (χ1) is 18.5. The minimum absolute atomic E-state index is 0.00309. The highest BCUT2D eigenvalue weighted by Gasteiger charge is 2.59. The summed E-state index contributed by atoms with van der Waals surface area (Å²) in [5.74, 6) is 4.67. The minimum atomic E-state index is -0.280. The lowest BCUT2D eigenvalue weighted by atomic mass is 9.49. The van der Waals surface area contributed by atoms with Crippen LogP contribution in [0.1, 0.15) is 122 Å². The van der Waals surface area contributed by atoms with Crippen molar-refractivity contribution in [2.45, 2.75) is 118 Å². The molecule has 4 N–H and O–H groups in total. The summed E-state index contributed by atoms with van der Waals surface area (Å²) >= 11 is 0. The van der Waals surface area contributed by atoms with Crippen LogP contribution in [0.3, 0.4) is 0 Å². The van der Waals surface area contributed by atoms with E-state index in [1.54, 1.807) is 18.2 Å². The number of nitrogens with two attached hydrogens (primary N) is 2. The molecule has 0 bridgehead atoms. The monoisotopic (exact) mass is 534 g/mol. The van der Waals surface area contributed by atoms with E-state index in [0.29, 0.717) is 33.7 Å². The molecule has 5 rings (SSSR count). The lowest BCUT2D eigenvalue weighted by molar-refractivity contribution is -0.0951. The van der Waals surface area contributed by atoms with Crippen LogP contribution in [0.15, 0.2) is 29.8 Å². The Hall–Kier alpha value is -1.97. The Kier molecular flexibility index (Phi) is 8.15. The fourth-order valence-corrected chi connectivity index (χ4v) is 10.4. The molecule has 0 radical (unpaired) electrons. The molecule has 0 heterocycles. The van der Waals surface area contributed by atoms with Crippen molar-refractivity contribution in [3.63, 3.8) is 0 Å². The Morgan fingerprint density at radius 1 is 0.974 bits per heavy atom. The molecule has 0 spiro atoms. The third kappa shape index (κ3) is 5.51. The number of carbonyl (C=O) groups excluding carboxylic acids is 1. The van der Waals surface area contributed by atoms with E-state index in [1.165, 1.54) is 69.8 Å². The van der Waals surface area contributed by atoms with Gasteiger partial charge in [0, 0.05) is 11.4 Å². The summed E-state index contributed by atoms with van der Waals surface area (Å²) in [5, 5.41) is 0. The Bertz CT molecular complexity index is 1060. The quantitative estimate of drug-likeness (QED) is 0.217. The maximum Gasteiger partial charge on any atom is 0.338 e. The Balaban J connectivity index is 1.26. The number of nitrogen functional groups attached to an aromatic ring is 2. The number of ether oxygens (including phenoxy) is 1. The van der Waals surface area contributed by atoms with Crippen molar-refractivity contribution < 1.29 is 9.53 Å². The maximum absolute atomic E-state index is 12.9. The zero-order chi connectivity index (χ0) is 27.9. The lowest BCUT2D eigenvalue weighted by Crippen LogP contribution is -2.50. The van der Waals surface area contributed by atoms with Gasteiger partial charge in [-0.25, -0.2) is 4.79 Å². The van der Waals surface area contributed by atoms with Gasteiger partial charge in [-0.3, -0.25) is 0 Å². The fraction of sp³-hybridized carbons (Fsp3) is 0.743. The number of anilines is 2. The minimum Gasteiger partial charge on any atom is -0.459 e. The van der Waals surface area contributed by atoms with E-state index in [1.807, 2.05) is 0 Å². The molecule has 39 heavy (non-hydrogen) atoms. The number of hydrogen-bond acceptors (Lipinski definition) is 4. The first kappa shape index (κ1) is 28.6. The van der Waals surface area contributed by atoms with E-state index in [4.69, 9.17) is 16.2 Å². The smallest absolute Gasteiger partial charge is 0.338 e. The summed E-state index contributed by atoms with van der Waals surface area (Å²) in [5.41, 5.74) is 15.7. The van der Waals surface area contributed by atoms with Crippen LogP contribution in [0, 0.1) is 46.3 Å². The van der Waals surface area contributed by atoms with Gasteiger partial charge in [0.25, 0.3) is 0 Å². The molecule has 0 aromatic heterocycles. The van der Waals surface area contributed by atoms with Gasteiger partial charge in [0.05, 0.1) is 5.56 Å². The van der Waals surface area contributed by atoms with Gasteiger partial charge < -0.3 is 16.2 Å². The number of carbonyl (C=O) groups is 1. The molecule has 4 nitrogen and oxygen atoms in total. The van der Waals surface area contributed by atoms with E-state index >= 15 is 0 Å². The molecule has 0 amide bonds. The van der Waals surface area contributed by atoms with Gasteiger partial charge in [-0.1, -0.05) is 38.8 Å². The van der Waals surface area contributed by atoms with E-state index in [2.05, 4.69) is 40.7 Å². The number of rotatable bonds is 6. The number of fused-ring (bicyclic) bond motifs is 5. The van der Waals surface area contributed by atoms with Gasteiger partial charge in [-0.05, 0) is 149 Å². The predicted octanol–water partition coefficient (Wildman–Crippen LogP) is 8.81. The van der Waals surface area contributed by atoms with E-state index in [9.17, 15) is 4.79 Å². The van der Waals surface area contributed by atoms with E-state index in [0.717, 1.165) is 42.4 Å². The fourth-order valence-electron chi connectivity index (χ4n) is 10.4.